The van der Waals surface area contributed by atoms with E-state index in [1.54, 1.807) is 18.2 Å². The number of aromatic nitrogens is 4. The summed E-state index contributed by atoms with van der Waals surface area (Å²) in [5, 5.41) is 8.07. The second kappa shape index (κ2) is 9.26. The smallest absolute Gasteiger partial charge is 0.383 e. The predicted molar refractivity (Wildman–Crippen MR) is 140 cm³/mol. The number of nitrogens with two attached hydrogens (primary N) is 1. The van der Waals surface area contributed by atoms with Crippen LogP contribution in [0.25, 0.3) is 22.4 Å². The molecule has 1 aliphatic heterocycles. The van der Waals surface area contributed by atoms with Gasteiger partial charge in [0.25, 0.3) is 0 Å². The minimum Gasteiger partial charge on any atom is -0.383 e. The van der Waals surface area contributed by atoms with Gasteiger partial charge < -0.3 is 11.1 Å². The van der Waals surface area contributed by atoms with Crippen LogP contribution < -0.4 is 11.1 Å². The van der Waals surface area contributed by atoms with Crippen LogP contribution in [0, 0.1) is 0 Å². The Balaban J connectivity index is 1.55. The number of sulfone groups is 1. The molecule has 0 amide bonds. The van der Waals surface area contributed by atoms with E-state index in [4.69, 9.17) is 17.3 Å². The van der Waals surface area contributed by atoms with Gasteiger partial charge in [-0.05, 0) is 42.8 Å². The first-order valence-electron chi connectivity index (χ1n) is 11.8. The highest BCUT2D eigenvalue weighted by Gasteiger charge is 2.56. The lowest BCUT2D eigenvalue weighted by Crippen LogP contribution is -2.37. The lowest BCUT2D eigenvalue weighted by atomic mass is 9.78. The number of fused-ring (bicyclic) bond motifs is 2. The molecular formula is C25H22ClF5N6O2S. The lowest BCUT2D eigenvalue weighted by molar-refractivity contribution is -0.285. The van der Waals surface area contributed by atoms with E-state index in [0.717, 1.165) is 16.5 Å². The number of aryl methyl sites for hydroxylation is 1. The van der Waals surface area contributed by atoms with Crippen molar-refractivity contribution in [3.05, 3.63) is 58.6 Å². The number of hydrogen-bond donors (Lipinski definition) is 2. The SMILES string of the molecule is CC1(c2ccc(S(C)(=O)=O)cc2)CNc2nc(-c3nn(CCC(F)(F)C(F)(F)F)c4cc(Cl)ccc34)nc(N)c21. The Hall–Kier alpha value is -3.52. The highest BCUT2D eigenvalue weighted by Crippen LogP contribution is 2.45. The third kappa shape index (κ3) is 4.72. The quantitative estimate of drug-likeness (QED) is 0.283. The van der Waals surface area contributed by atoms with Gasteiger partial charge in [-0.25, -0.2) is 18.4 Å². The molecule has 5 rings (SSSR count). The highest BCUT2D eigenvalue weighted by molar-refractivity contribution is 7.90. The van der Waals surface area contributed by atoms with Crippen LogP contribution in [0.15, 0.2) is 47.4 Å². The molecule has 2 aromatic heterocycles. The van der Waals surface area contributed by atoms with Gasteiger partial charge in [-0.2, -0.15) is 27.1 Å². The summed E-state index contributed by atoms with van der Waals surface area (Å²) in [4.78, 5) is 9.15. The Morgan fingerprint density at radius 1 is 1.10 bits per heavy atom. The fourth-order valence-corrected chi connectivity index (χ4v) is 5.59. The van der Waals surface area contributed by atoms with Crippen LogP contribution >= 0.6 is 11.6 Å². The fourth-order valence-electron chi connectivity index (χ4n) is 4.79. The van der Waals surface area contributed by atoms with Crippen molar-refractivity contribution in [1.29, 1.82) is 0 Å². The summed E-state index contributed by atoms with van der Waals surface area (Å²) in [7, 11) is -3.39. The van der Waals surface area contributed by atoms with Crippen LogP contribution in [0.5, 0.6) is 0 Å². The first-order valence-corrected chi connectivity index (χ1v) is 14.1. The van der Waals surface area contributed by atoms with Crippen molar-refractivity contribution >= 4 is 44.0 Å². The Kier molecular flexibility index (Phi) is 6.49. The molecule has 0 bridgehead atoms. The number of halogens is 6. The second-order valence-electron chi connectivity index (χ2n) is 9.82. The predicted octanol–water partition coefficient (Wildman–Crippen LogP) is 5.45. The summed E-state index contributed by atoms with van der Waals surface area (Å²) in [5.41, 5.74) is 7.37. The normalized spacial score (nSPS) is 17.7. The van der Waals surface area contributed by atoms with Crippen LogP contribution in [-0.4, -0.2) is 53.1 Å². The van der Waals surface area contributed by atoms with Gasteiger partial charge >= 0.3 is 12.1 Å². The van der Waals surface area contributed by atoms with Gasteiger partial charge in [-0.3, -0.25) is 4.68 Å². The zero-order valence-corrected chi connectivity index (χ0v) is 22.6. The third-order valence-corrected chi connectivity index (χ3v) is 8.36. The summed E-state index contributed by atoms with van der Waals surface area (Å²) >= 11 is 6.07. The second-order valence-corrected chi connectivity index (χ2v) is 12.3. The molecule has 1 atom stereocenters. The third-order valence-electron chi connectivity index (χ3n) is 7.00. The van der Waals surface area contributed by atoms with Crippen LogP contribution in [0.4, 0.5) is 33.6 Å². The zero-order chi connectivity index (χ0) is 29.3. The number of nitrogens with zero attached hydrogens (tertiary/aromatic N) is 4. The van der Waals surface area contributed by atoms with Crippen LogP contribution in [-0.2, 0) is 21.8 Å². The molecule has 0 fully saturated rings. The maximum absolute atomic E-state index is 13.6. The molecule has 0 spiro atoms. The first kappa shape index (κ1) is 28.0. The largest absolute Gasteiger partial charge is 0.453 e. The molecule has 3 N–H and O–H groups in total. The minimum atomic E-state index is -5.70. The van der Waals surface area contributed by atoms with E-state index in [-0.39, 0.29) is 32.8 Å². The Labute approximate surface area is 230 Å². The highest BCUT2D eigenvalue weighted by atomic mass is 35.5. The van der Waals surface area contributed by atoms with Crippen LogP contribution in [0.1, 0.15) is 24.5 Å². The van der Waals surface area contributed by atoms with Gasteiger partial charge in [0.1, 0.15) is 17.3 Å². The van der Waals surface area contributed by atoms with Gasteiger partial charge in [0.05, 0.1) is 10.4 Å². The van der Waals surface area contributed by atoms with Crippen molar-refractivity contribution in [2.45, 2.75) is 42.3 Å². The summed E-state index contributed by atoms with van der Waals surface area (Å²) in [6.07, 6.45) is -6.10. The van der Waals surface area contributed by atoms with Crippen LogP contribution in [0.3, 0.4) is 0 Å². The zero-order valence-electron chi connectivity index (χ0n) is 21.0. The van der Waals surface area contributed by atoms with E-state index in [0.29, 0.717) is 23.3 Å². The van der Waals surface area contributed by atoms with Crippen molar-refractivity contribution in [2.24, 2.45) is 0 Å². The monoisotopic (exact) mass is 600 g/mol. The molecular weight excluding hydrogens is 579 g/mol. The van der Waals surface area contributed by atoms with Crippen molar-refractivity contribution in [3.8, 4) is 11.5 Å². The maximum Gasteiger partial charge on any atom is 0.453 e. The molecule has 2 aromatic carbocycles. The lowest BCUT2D eigenvalue weighted by Gasteiger charge is -2.25. The van der Waals surface area contributed by atoms with Gasteiger partial charge in [-0.15, -0.1) is 0 Å². The number of benzene rings is 2. The summed E-state index contributed by atoms with van der Waals surface area (Å²) in [6, 6.07) is 10.9. The number of rotatable bonds is 6. The standard InChI is InChI=1S/C25H22ClF5N6O2S/c1-23(13-3-6-15(7-4-13)40(2,38)39)12-33-21-18(23)20(32)34-22(35-21)19-16-8-5-14(26)11-17(16)37(36-19)10-9-24(27,28)25(29,30)31/h3-8,11H,9-10,12H2,1-2H3,(H3,32,33,34,35). The Morgan fingerprint density at radius 2 is 1.77 bits per heavy atom. The van der Waals surface area contributed by atoms with Crippen molar-refractivity contribution in [3.63, 3.8) is 0 Å². The first-order chi connectivity index (χ1) is 18.5. The van der Waals surface area contributed by atoms with E-state index in [1.165, 1.54) is 24.3 Å². The fraction of sp³-hybridized carbons (Fsp3) is 0.320. The molecule has 0 aliphatic carbocycles. The molecule has 1 aliphatic rings. The number of alkyl halides is 5. The molecule has 4 aromatic rings. The van der Waals surface area contributed by atoms with E-state index < -0.39 is 40.3 Å². The van der Waals surface area contributed by atoms with Gasteiger partial charge in [0.15, 0.2) is 15.7 Å². The van der Waals surface area contributed by atoms with Crippen molar-refractivity contribution in [2.75, 3.05) is 23.9 Å². The summed E-state index contributed by atoms with van der Waals surface area (Å²) in [5.74, 6) is -4.39. The molecule has 0 saturated heterocycles. The maximum atomic E-state index is 13.6. The molecule has 0 saturated carbocycles. The Morgan fingerprint density at radius 3 is 2.40 bits per heavy atom. The number of anilines is 2. The number of nitrogen functional groups attached to an aromatic ring is 1. The Bertz CT molecular complexity index is 1740. The molecule has 40 heavy (non-hydrogen) atoms. The van der Waals surface area contributed by atoms with E-state index in [9.17, 15) is 30.4 Å². The molecule has 15 heteroatoms. The summed E-state index contributed by atoms with van der Waals surface area (Å²) in [6.45, 7) is 1.51. The number of nitrogens with one attached hydrogen (secondary N) is 1. The van der Waals surface area contributed by atoms with Gasteiger partial charge in [0.2, 0.25) is 0 Å². The van der Waals surface area contributed by atoms with Crippen molar-refractivity contribution in [1.82, 2.24) is 19.7 Å². The average Bonchev–Trinajstić information content (AvgIpc) is 3.40. The van der Waals surface area contributed by atoms with Gasteiger partial charge in [-0.1, -0.05) is 23.7 Å². The van der Waals surface area contributed by atoms with Crippen LogP contribution in [0.2, 0.25) is 5.02 Å². The average molecular weight is 601 g/mol. The molecule has 1 unspecified atom stereocenters. The summed E-state index contributed by atoms with van der Waals surface area (Å²) < 4.78 is 90.3. The van der Waals surface area contributed by atoms with E-state index in [2.05, 4.69) is 20.4 Å². The minimum absolute atomic E-state index is 0.0362. The van der Waals surface area contributed by atoms with E-state index >= 15 is 0 Å². The molecule has 0 radical (unpaired) electrons. The van der Waals surface area contributed by atoms with Crippen molar-refractivity contribution < 1.29 is 30.4 Å². The molecule has 3 heterocycles. The topological polar surface area (TPSA) is 116 Å². The molecule has 212 valence electrons. The van der Waals surface area contributed by atoms with E-state index in [1.807, 2.05) is 6.92 Å². The van der Waals surface area contributed by atoms with Gasteiger partial charge in [0, 0.05) is 47.2 Å². The number of hydrogen-bond acceptors (Lipinski definition) is 7. The molecule has 8 nitrogen and oxygen atoms in total.